The fourth-order valence-electron chi connectivity index (χ4n) is 1.52. The number of rotatable bonds is 7. The molecule has 19 heavy (non-hydrogen) atoms. The summed E-state index contributed by atoms with van der Waals surface area (Å²) in [6, 6.07) is 5.01. The average molecular weight is 265 g/mol. The van der Waals surface area contributed by atoms with Crippen LogP contribution in [-0.4, -0.2) is 32.0 Å². The van der Waals surface area contributed by atoms with Crippen molar-refractivity contribution in [3.8, 4) is 11.5 Å². The van der Waals surface area contributed by atoms with Crippen LogP contribution in [0.3, 0.4) is 0 Å². The summed E-state index contributed by atoms with van der Waals surface area (Å²) in [7, 11) is 1.50. The van der Waals surface area contributed by atoms with Crippen LogP contribution in [0.15, 0.2) is 18.2 Å². The van der Waals surface area contributed by atoms with Gasteiger partial charge in [-0.25, -0.2) is 0 Å². The maximum Gasteiger partial charge on any atom is 0.223 e. The zero-order valence-corrected chi connectivity index (χ0v) is 11.4. The second-order valence-electron chi connectivity index (χ2n) is 4.35. The lowest BCUT2D eigenvalue weighted by atomic mass is 10.2. The molecule has 0 fully saturated rings. The number of carbonyl (C=O) groups is 2. The van der Waals surface area contributed by atoms with Gasteiger partial charge in [0.05, 0.1) is 20.1 Å². The Morgan fingerprint density at radius 3 is 2.68 bits per heavy atom. The highest BCUT2D eigenvalue weighted by molar-refractivity contribution is 5.77. The summed E-state index contributed by atoms with van der Waals surface area (Å²) < 4.78 is 10.6. The normalized spacial score (nSPS) is 10.1. The smallest absolute Gasteiger partial charge is 0.223 e. The number of benzene rings is 1. The molecule has 0 saturated heterocycles. The van der Waals surface area contributed by atoms with Gasteiger partial charge in [0.2, 0.25) is 5.91 Å². The lowest BCUT2D eigenvalue weighted by Crippen LogP contribution is -2.31. The first kappa shape index (κ1) is 15.0. The molecule has 0 bridgehead atoms. The standard InChI is InChI=1S/C14H19NO4/c1-10(2)15-14(17)6-7-19-12-5-4-11(9-16)8-13(12)18-3/h4-5,8-10H,6-7H2,1-3H3,(H,15,17). The molecule has 1 N–H and O–H groups in total. The summed E-state index contributed by atoms with van der Waals surface area (Å²) in [5.41, 5.74) is 0.516. The van der Waals surface area contributed by atoms with E-state index in [2.05, 4.69) is 5.32 Å². The van der Waals surface area contributed by atoms with Crippen LogP contribution in [0, 0.1) is 0 Å². The molecule has 5 nitrogen and oxygen atoms in total. The van der Waals surface area contributed by atoms with E-state index in [0.29, 0.717) is 17.1 Å². The second kappa shape index (κ2) is 7.41. The fraction of sp³-hybridized carbons (Fsp3) is 0.429. The van der Waals surface area contributed by atoms with Gasteiger partial charge < -0.3 is 14.8 Å². The Morgan fingerprint density at radius 1 is 1.37 bits per heavy atom. The Labute approximate surface area is 112 Å². The molecule has 1 aromatic rings. The van der Waals surface area contributed by atoms with Crippen LogP contribution in [0.2, 0.25) is 0 Å². The minimum atomic E-state index is -0.0570. The van der Waals surface area contributed by atoms with Gasteiger partial charge >= 0.3 is 0 Å². The molecule has 1 aromatic carbocycles. The Bertz CT molecular complexity index is 443. The number of hydrogen-bond acceptors (Lipinski definition) is 4. The van der Waals surface area contributed by atoms with Gasteiger partial charge in [0.15, 0.2) is 11.5 Å². The zero-order valence-electron chi connectivity index (χ0n) is 11.4. The molecule has 0 aliphatic carbocycles. The summed E-state index contributed by atoms with van der Waals surface area (Å²) in [5, 5.41) is 2.78. The van der Waals surface area contributed by atoms with E-state index < -0.39 is 0 Å². The van der Waals surface area contributed by atoms with Crippen molar-refractivity contribution in [1.29, 1.82) is 0 Å². The predicted molar refractivity (Wildman–Crippen MR) is 71.8 cm³/mol. The number of aldehydes is 1. The minimum absolute atomic E-state index is 0.0570. The molecule has 1 amide bonds. The van der Waals surface area contributed by atoms with Crippen molar-refractivity contribution >= 4 is 12.2 Å². The Balaban J connectivity index is 2.53. The highest BCUT2D eigenvalue weighted by atomic mass is 16.5. The van der Waals surface area contributed by atoms with Gasteiger partial charge in [-0.15, -0.1) is 0 Å². The summed E-state index contributed by atoms with van der Waals surface area (Å²) in [5.74, 6) is 0.942. The number of carbonyl (C=O) groups excluding carboxylic acids is 2. The van der Waals surface area contributed by atoms with Crippen molar-refractivity contribution in [2.75, 3.05) is 13.7 Å². The predicted octanol–water partition coefficient (Wildman–Crippen LogP) is 1.80. The van der Waals surface area contributed by atoms with Gasteiger partial charge in [-0.05, 0) is 32.0 Å². The quantitative estimate of drug-likeness (QED) is 0.763. The fourth-order valence-corrected chi connectivity index (χ4v) is 1.52. The minimum Gasteiger partial charge on any atom is -0.493 e. The molecule has 0 unspecified atom stereocenters. The first-order chi connectivity index (χ1) is 9.06. The SMILES string of the molecule is COc1cc(C=O)ccc1OCCC(=O)NC(C)C. The van der Waals surface area contributed by atoms with Crippen LogP contribution in [0.1, 0.15) is 30.6 Å². The largest absolute Gasteiger partial charge is 0.493 e. The molecule has 0 radical (unpaired) electrons. The second-order valence-corrected chi connectivity index (χ2v) is 4.35. The van der Waals surface area contributed by atoms with Crippen molar-refractivity contribution < 1.29 is 19.1 Å². The van der Waals surface area contributed by atoms with Crippen molar-refractivity contribution in [1.82, 2.24) is 5.32 Å². The van der Waals surface area contributed by atoms with Crippen molar-refractivity contribution in [3.05, 3.63) is 23.8 Å². The molecule has 0 heterocycles. The van der Waals surface area contributed by atoms with Gasteiger partial charge in [0.25, 0.3) is 0 Å². The summed E-state index contributed by atoms with van der Waals surface area (Å²) >= 11 is 0. The van der Waals surface area contributed by atoms with E-state index in [9.17, 15) is 9.59 Å². The monoisotopic (exact) mass is 265 g/mol. The van der Waals surface area contributed by atoms with Crippen molar-refractivity contribution in [2.24, 2.45) is 0 Å². The van der Waals surface area contributed by atoms with Crippen LogP contribution < -0.4 is 14.8 Å². The van der Waals surface area contributed by atoms with Gasteiger partial charge in [-0.3, -0.25) is 9.59 Å². The third-order valence-corrected chi connectivity index (χ3v) is 2.36. The Kier molecular flexibility index (Phi) is 5.85. The average Bonchev–Trinajstić information content (AvgIpc) is 2.38. The van der Waals surface area contributed by atoms with Crippen LogP contribution in [0.5, 0.6) is 11.5 Å². The molecule has 0 aromatic heterocycles. The van der Waals surface area contributed by atoms with E-state index in [4.69, 9.17) is 9.47 Å². The Hall–Kier alpha value is -2.04. The highest BCUT2D eigenvalue weighted by Crippen LogP contribution is 2.27. The molecule has 0 spiro atoms. The molecule has 0 saturated carbocycles. The molecule has 0 aliphatic rings. The molecule has 5 heteroatoms. The highest BCUT2D eigenvalue weighted by Gasteiger charge is 2.07. The maximum absolute atomic E-state index is 11.4. The van der Waals surface area contributed by atoms with Gasteiger partial charge in [-0.2, -0.15) is 0 Å². The van der Waals surface area contributed by atoms with E-state index in [0.717, 1.165) is 6.29 Å². The molecule has 0 aliphatic heterocycles. The maximum atomic E-state index is 11.4. The first-order valence-electron chi connectivity index (χ1n) is 6.12. The van der Waals surface area contributed by atoms with Crippen LogP contribution >= 0.6 is 0 Å². The molecular weight excluding hydrogens is 246 g/mol. The van der Waals surface area contributed by atoms with Gasteiger partial charge in [0.1, 0.15) is 6.29 Å². The lowest BCUT2D eigenvalue weighted by Gasteiger charge is -2.12. The number of hydrogen-bond donors (Lipinski definition) is 1. The summed E-state index contributed by atoms with van der Waals surface area (Å²) in [6.07, 6.45) is 1.01. The van der Waals surface area contributed by atoms with Crippen LogP contribution in [0.4, 0.5) is 0 Å². The van der Waals surface area contributed by atoms with Gasteiger partial charge in [0, 0.05) is 11.6 Å². The third kappa shape index (κ3) is 4.99. The molecule has 1 rings (SSSR count). The van der Waals surface area contributed by atoms with Crippen LogP contribution in [0.25, 0.3) is 0 Å². The number of methoxy groups -OCH3 is 1. The van der Waals surface area contributed by atoms with E-state index in [1.54, 1.807) is 18.2 Å². The lowest BCUT2D eigenvalue weighted by molar-refractivity contribution is -0.122. The third-order valence-electron chi connectivity index (χ3n) is 2.36. The number of ether oxygens (including phenoxy) is 2. The van der Waals surface area contributed by atoms with E-state index in [1.807, 2.05) is 13.8 Å². The topological polar surface area (TPSA) is 64.6 Å². The van der Waals surface area contributed by atoms with Crippen LogP contribution in [-0.2, 0) is 4.79 Å². The number of nitrogens with one attached hydrogen (secondary N) is 1. The summed E-state index contributed by atoms with van der Waals surface area (Å²) in [4.78, 5) is 22.1. The van der Waals surface area contributed by atoms with Crippen molar-refractivity contribution in [3.63, 3.8) is 0 Å². The molecular formula is C14H19NO4. The van der Waals surface area contributed by atoms with E-state index in [1.165, 1.54) is 7.11 Å². The first-order valence-corrected chi connectivity index (χ1v) is 6.12. The zero-order chi connectivity index (χ0) is 14.3. The van der Waals surface area contributed by atoms with Crippen molar-refractivity contribution in [2.45, 2.75) is 26.3 Å². The number of amides is 1. The van der Waals surface area contributed by atoms with E-state index in [-0.39, 0.29) is 25.0 Å². The molecule has 0 atom stereocenters. The molecule has 104 valence electrons. The Morgan fingerprint density at radius 2 is 2.11 bits per heavy atom. The van der Waals surface area contributed by atoms with Gasteiger partial charge in [-0.1, -0.05) is 0 Å². The summed E-state index contributed by atoms with van der Waals surface area (Å²) in [6.45, 7) is 4.06. The van der Waals surface area contributed by atoms with E-state index >= 15 is 0 Å².